The third kappa shape index (κ3) is 2.41. The molecule has 1 aromatic heterocycles. The first-order chi connectivity index (χ1) is 11.3. The van der Waals surface area contributed by atoms with Gasteiger partial charge in [0.25, 0.3) is 0 Å². The average Bonchev–Trinajstić information content (AvgIpc) is 3.32. The summed E-state index contributed by atoms with van der Waals surface area (Å²) in [6, 6.07) is 11.0. The third-order valence-electron chi connectivity index (χ3n) is 5.45. The smallest absolute Gasteiger partial charge is 0.197 e. The molecule has 2 aromatic rings. The lowest BCUT2D eigenvalue weighted by Gasteiger charge is -2.13. The van der Waals surface area contributed by atoms with Gasteiger partial charge in [0.1, 0.15) is 0 Å². The fourth-order valence-electron chi connectivity index (χ4n) is 4.39. The van der Waals surface area contributed by atoms with Gasteiger partial charge in [0.05, 0.1) is 7.11 Å². The molecule has 2 atom stereocenters. The van der Waals surface area contributed by atoms with E-state index in [9.17, 15) is 0 Å². The van der Waals surface area contributed by atoms with Crippen molar-refractivity contribution in [2.45, 2.75) is 50.5 Å². The van der Waals surface area contributed by atoms with Crippen molar-refractivity contribution in [3.8, 4) is 5.88 Å². The van der Waals surface area contributed by atoms with Crippen LogP contribution in [0, 0.1) is 0 Å². The molecule has 0 spiro atoms. The number of hydrogen-bond donors (Lipinski definition) is 0. The fraction of sp³-hybridized carbons (Fsp3) is 0.429. The molecule has 2 aliphatic carbocycles. The molecule has 0 N–H and O–H groups in total. The van der Waals surface area contributed by atoms with E-state index in [2.05, 4.69) is 41.5 Å². The summed E-state index contributed by atoms with van der Waals surface area (Å²) in [5.74, 6) is 2.41. The van der Waals surface area contributed by atoms with E-state index in [1.54, 1.807) is 5.56 Å². The van der Waals surface area contributed by atoms with Crippen LogP contribution < -0.4 is 4.74 Å². The highest BCUT2D eigenvalue weighted by Crippen LogP contribution is 2.57. The fourth-order valence-corrected chi connectivity index (χ4v) is 4.39. The molecule has 2 heteroatoms. The zero-order valence-electron chi connectivity index (χ0n) is 13.9. The van der Waals surface area contributed by atoms with E-state index in [0.717, 1.165) is 12.4 Å². The van der Waals surface area contributed by atoms with Gasteiger partial charge in [-0.1, -0.05) is 36.4 Å². The van der Waals surface area contributed by atoms with Crippen LogP contribution in [-0.2, 0) is 19.4 Å². The number of ether oxygens (including phenoxy) is 1. The number of hydrogen-bond acceptors (Lipinski definition) is 1. The Morgan fingerprint density at radius 3 is 2.57 bits per heavy atom. The maximum atomic E-state index is 5.81. The van der Waals surface area contributed by atoms with E-state index in [1.165, 1.54) is 48.9 Å². The summed E-state index contributed by atoms with van der Waals surface area (Å²) < 4.78 is 8.21. The molecule has 0 bridgehead atoms. The van der Waals surface area contributed by atoms with Crippen LogP contribution in [-0.4, -0.2) is 11.7 Å². The van der Waals surface area contributed by atoms with Gasteiger partial charge in [0.15, 0.2) is 5.88 Å². The molecule has 4 rings (SSSR count). The number of allylic oxidation sites excluding steroid dienone is 1. The highest BCUT2D eigenvalue weighted by Gasteiger charge is 2.44. The predicted molar refractivity (Wildman–Crippen MR) is 94.4 cm³/mol. The van der Waals surface area contributed by atoms with Gasteiger partial charge in [0.2, 0.25) is 0 Å². The van der Waals surface area contributed by atoms with Crippen molar-refractivity contribution in [1.82, 2.24) is 4.57 Å². The number of benzene rings is 1. The molecule has 23 heavy (non-hydrogen) atoms. The maximum Gasteiger partial charge on any atom is 0.197 e. The lowest BCUT2D eigenvalue weighted by Crippen LogP contribution is -2.05. The van der Waals surface area contributed by atoms with Gasteiger partial charge < -0.3 is 9.30 Å². The van der Waals surface area contributed by atoms with Gasteiger partial charge in [-0.3, -0.25) is 0 Å². The van der Waals surface area contributed by atoms with Gasteiger partial charge in [-0.05, 0) is 49.1 Å². The van der Waals surface area contributed by atoms with E-state index in [4.69, 9.17) is 4.74 Å². The second kappa shape index (κ2) is 5.92. The van der Waals surface area contributed by atoms with Crippen molar-refractivity contribution < 1.29 is 4.74 Å². The molecule has 120 valence electrons. The topological polar surface area (TPSA) is 14.2 Å². The molecule has 1 heterocycles. The first kappa shape index (κ1) is 14.6. The summed E-state index contributed by atoms with van der Waals surface area (Å²) >= 11 is 0. The summed E-state index contributed by atoms with van der Waals surface area (Å²) in [6.07, 6.45) is 8.23. The Balaban J connectivity index is 1.76. The Morgan fingerprint density at radius 1 is 1.13 bits per heavy atom. The lowest BCUT2D eigenvalue weighted by molar-refractivity contribution is 0.370. The molecule has 0 saturated heterocycles. The number of nitrogens with zero attached hydrogens (tertiary/aromatic N) is 1. The lowest BCUT2D eigenvalue weighted by atomic mass is 9.92. The molecule has 0 amide bonds. The standard InChI is InChI=1S/C21H25NO/c1-3-13-22-20(16-11-7-8-12-17(16)21(22)23-2)19-14-18(19)15-9-5-4-6-10-15/h3-6,9-10,18-19H,1,7-8,11-14H2,2H3/t18-,19-/m0/s1. The zero-order valence-corrected chi connectivity index (χ0v) is 13.9. The molecule has 0 aliphatic heterocycles. The molecular formula is C21H25NO. The Bertz CT molecular complexity index is 713. The maximum absolute atomic E-state index is 5.81. The predicted octanol–water partition coefficient (Wildman–Crippen LogP) is 4.83. The van der Waals surface area contributed by atoms with Crippen molar-refractivity contribution in [2.75, 3.05) is 7.11 Å². The van der Waals surface area contributed by atoms with Gasteiger partial charge in [-0.15, -0.1) is 6.58 Å². The van der Waals surface area contributed by atoms with Crippen LogP contribution in [0.15, 0.2) is 43.0 Å². The van der Waals surface area contributed by atoms with Crippen molar-refractivity contribution in [2.24, 2.45) is 0 Å². The normalized spacial score (nSPS) is 22.5. The van der Waals surface area contributed by atoms with E-state index in [1.807, 2.05) is 13.2 Å². The van der Waals surface area contributed by atoms with Crippen LogP contribution in [0.1, 0.15) is 53.5 Å². The first-order valence-corrected chi connectivity index (χ1v) is 8.79. The summed E-state index contributed by atoms with van der Waals surface area (Å²) in [7, 11) is 1.81. The second-order valence-corrected chi connectivity index (χ2v) is 6.82. The largest absolute Gasteiger partial charge is 0.482 e. The van der Waals surface area contributed by atoms with Gasteiger partial charge in [-0.2, -0.15) is 0 Å². The number of rotatable bonds is 5. The van der Waals surface area contributed by atoms with Gasteiger partial charge >= 0.3 is 0 Å². The molecule has 0 unspecified atom stereocenters. The van der Waals surface area contributed by atoms with Crippen molar-refractivity contribution in [1.29, 1.82) is 0 Å². The molecule has 1 saturated carbocycles. The minimum absolute atomic E-state index is 0.646. The molecule has 2 aliphatic rings. The van der Waals surface area contributed by atoms with Crippen LogP contribution >= 0.6 is 0 Å². The summed E-state index contributed by atoms with van der Waals surface area (Å²) in [5, 5.41) is 0. The minimum atomic E-state index is 0.646. The number of fused-ring (bicyclic) bond motifs is 1. The van der Waals surface area contributed by atoms with Crippen molar-refractivity contribution >= 4 is 0 Å². The Labute approximate surface area is 138 Å². The molecule has 2 nitrogen and oxygen atoms in total. The van der Waals surface area contributed by atoms with E-state index < -0.39 is 0 Å². The minimum Gasteiger partial charge on any atom is -0.482 e. The van der Waals surface area contributed by atoms with Gasteiger partial charge in [-0.25, -0.2) is 0 Å². The molecule has 0 radical (unpaired) electrons. The number of methoxy groups -OCH3 is 1. The third-order valence-corrected chi connectivity index (χ3v) is 5.45. The second-order valence-electron chi connectivity index (χ2n) is 6.82. The highest BCUT2D eigenvalue weighted by molar-refractivity contribution is 5.49. The first-order valence-electron chi connectivity index (χ1n) is 8.79. The van der Waals surface area contributed by atoms with Crippen LogP contribution in [0.4, 0.5) is 0 Å². The van der Waals surface area contributed by atoms with E-state index >= 15 is 0 Å². The monoisotopic (exact) mass is 307 g/mol. The van der Waals surface area contributed by atoms with Crippen LogP contribution in [0.25, 0.3) is 0 Å². The molecular weight excluding hydrogens is 282 g/mol. The van der Waals surface area contributed by atoms with Crippen LogP contribution in [0.2, 0.25) is 0 Å². The number of aromatic nitrogens is 1. The summed E-state index contributed by atoms with van der Waals surface area (Å²) in [6.45, 7) is 4.81. The van der Waals surface area contributed by atoms with Crippen LogP contribution in [0.5, 0.6) is 5.88 Å². The van der Waals surface area contributed by atoms with E-state index in [-0.39, 0.29) is 0 Å². The quantitative estimate of drug-likeness (QED) is 0.721. The van der Waals surface area contributed by atoms with Crippen LogP contribution in [0.3, 0.4) is 0 Å². The van der Waals surface area contributed by atoms with Gasteiger partial charge in [0, 0.05) is 23.7 Å². The highest BCUT2D eigenvalue weighted by atomic mass is 16.5. The van der Waals surface area contributed by atoms with Crippen molar-refractivity contribution in [3.63, 3.8) is 0 Å². The molecule has 1 aromatic carbocycles. The van der Waals surface area contributed by atoms with Crippen molar-refractivity contribution in [3.05, 3.63) is 65.4 Å². The molecule has 1 fully saturated rings. The summed E-state index contributed by atoms with van der Waals surface area (Å²) in [5.41, 5.74) is 6.06. The zero-order chi connectivity index (χ0) is 15.8. The summed E-state index contributed by atoms with van der Waals surface area (Å²) in [4.78, 5) is 0. The SMILES string of the molecule is C=CCn1c(OC)c2c(c1[C@H]1C[C@H]1c1ccccc1)CCCC2. The Kier molecular flexibility index (Phi) is 3.76. The van der Waals surface area contributed by atoms with E-state index in [0.29, 0.717) is 11.8 Å². The Hall–Kier alpha value is -1.96. The average molecular weight is 307 g/mol. The Morgan fingerprint density at radius 2 is 1.87 bits per heavy atom.